The van der Waals surface area contributed by atoms with Gasteiger partial charge in [-0.3, -0.25) is 4.79 Å². The minimum absolute atomic E-state index is 0.220. The van der Waals surface area contributed by atoms with Crippen LogP contribution in [0.25, 0.3) is 0 Å². The highest BCUT2D eigenvalue weighted by Gasteiger charge is 2.06. The summed E-state index contributed by atoms with van der Waals surface area (Å²) in [7, 11) is 0. The topological polar surface area (TPSA) is 86.6 Å². The smallest absolute Gasteiger partial charge is 0.255 e. The van der Waals surface area contributed by atoms with E-state index in [0.29, 0.717) is 11.3 Å². The maximum Gasteiger partial charge on any atom is 0.255 e. The Morgan fingerprint density at radius 1 is 0.947 bits per heavy atom. The fourth-order valence-electron chi connectivity index (χ4n) is 1.39. The molecule has 0 unspecified atom stereocenters. The number of carbonyl (C=O) groups is 2. The normalized spacial score (nSPS) is 9.05. The standard InChI is InChI=1S/C13H11NO3.CH2O/c15-11-7-6-10(8-12(11)16)14-13(17)9-4-2-1-3-5-9;1-2/h1-8,15-16H,(H,14,17);1H2. The van der Waals surface area contributed by atoms with Gasteiger partial charge in [0.05, 0.1) is 0 Å². The lowest BCUT2D eigenvalue weighted by atomic mass is 10.2. The van der Waals surface area contributed by atoms with Crippen LogP contribution in [0.5, 0.6) is 11.5 Å². The van der Waals surface area contributed by atoms with E-state index >= 15 is 0 Å². The van der Waals surface area contributed by atoms with Crippen molar-refractivity contribution < 1.29 is 19.8 Å². The summed E-state index contributed by atoms with van der Waals surface area (Å²) >= 11 is 0. The summed E-state index contributed by atoms with van der Waals surface area (Å²) in [6.45, 7) is 2.00. The van der Waals surface area contributed by atoms with Gasteiger partial charge < -0.3 is 20.3 Å². The molecular formula is C14H13NO4. The molecule has 0 aromatic heterocycles. The average Bonchev–Trinajstić information content (AvgIpc) is 2.46. The fraction of sp³-hybridized carbons (Fsp3) is 0. The van der Waals surface area contributed by atoms with Crippen molar-refractivity contribution in [3.05, 3.63) is 54.1 Å². The minimum atomic E-state index is -0.268. The van der Waals surface area contributed by atoms with Crippen LogP contribution in [0.15, 0.2) is 48.5 Å². The van der Waals surface area contributed by atoms with Gasteiger partial charge in [0.1, 0.15) is 6.79 Å². The van der Waals surface area contributed by atoms with E-state index in [1.54, 1.807) is 24.3 Å². The van der Waals surface area contributed by atoms with Crippen LogP contribution in [0, 0.1) is 0 Å². The predicted octanol–water partition coefficient (Wildman–Crippen LogP) is 2.17. The van der Waals surface area contributed by atoms with Crippen molar-refractivity contribution in [2.24, 2.45) is 0 Å². The average molecular weight is 259 g/mol. The Bertz CT molecular complexity index is 555. The van der Waals surface area contributed by atoms with Gasteiger partial charge in [-0.25, -0.2) is 0 Å². The first-order chi connectivity index (χ1) is 9.16. The lowest BCUT2D eigenvalue weighted by molar-refractivity contribution is -0.0980. The number of aromatic hydroxyl groups is 2. The van der Waals surface area contributed by atoms with E-state index in [9.17, 15) is 9.90 Å². The molecule has 0 saturated carbocycles. The lowest BCUT2D eigenvalue weighted by Gasteiger charge is -2.06. The minimum Gasteiger partial charge on any atom is -0.504 e. The van der Waals surface area contributed by atoms with Gasteiger partial charge in [-0.2, -0.15) is 0 Å². The molecular weight excluding hydrogens is 246 g/mol. The van der Waals surface area contributed by atoms with Gasteiger partial charge in [0.15, 0.2) is 11.5 Å². The Labute approximate surface area is 110 Å². The zero-order chi connectivity index (χ0) is 14.3. The maximum absolute atomic E-state index is 11.8. The SMILES string of the molecule is C=O.O=C(Nc1ccc(O)c(O)c1)c1ccccc1. The highest BCUT2D eigenvalue weighted by Crippen LogP contribution is 2.27. The molecule has 98 valence electrons. The monoisotopic (exact) mass is 259 g/mol. The Morgan fingerprint density at radius 3 is 2.16 bits per heavy atom. The molecule has 0 aliphatic heterocycles. The first kappa shape index (κ1) is 14.2. The number of amides is 1. The van der Waals surface area contributed by atoms with Gasteiger partial charge in [-0.1, -0.05) is 18.2 Å². The van der Waals surface area contributed by atoms with Gasteiger partial charge in [-0.05, 0) is 24.3 Å². The van der Waals surface area contributed by atoms with E-state index in [-0.39, 0.29) is 17.4 Å². The number of benzene rings is 2. The van der Waals surface area contributed by atoms with Crippen molar-refractivity contribution >= 4 is 18.4 Å². The number of carbonyl (C=O) groups excluding carboxylic acids is 2. The highest BCUT2D eigenvalue weighted by atomic mass is 16.3. The van der Waals surface area contributed by atoms with Crippen molar-refractivity contribution in [2.75, 3.05) is 5.32 Å². The summed E-state index contributed by atoms with van der Waals surface area (Å²) in [6.07, 6.45) is 0. The van der Waals surface area contributed by atoms with Gasteiger partial charge >= 0.3 is 0 Å². The van der Waals surface area contributed by atoms with Crippen LogP contribution in [0.2, 0.25) is 0 Å². The second-order valence-corrected chi connectivity index (χ2v) is 3.52. The molecule has 0 aliphatic carbocycles. The summed E-state index contributed by atoms with van der Waals surface area (Å²) in [5.74, 6) is -0.755. The van der Waals surface area contributed by atoms with Gasteiger partial charge in [0.25, 0.3) is 5.91 Å². The first-order valence-corrected chi connectivity index (χ1v) is 5.34. The fourth-order valence-corrected chi connectivity index (χ4v) is 1.39. The van der Waals surface area contributed by atoms with E-state index in [0.717, 1.165) is 0 Å². The lowest BCUT2D eigenvalue weighted by Crippen LogP contribution is -2.11. The summed E-state index contributed by atoms with van der Waals surface area (Å²) in [5, 5.41) is 21.0. The Hall–Kier alpha value is -2.82. The number of hydrogen-bond acceptors (Lipinski definition) is 4. The van der Waals surface area contributed by atoms with Crippen LogP contribution in [0.4, 0.5) is 5.69 Å². The number of hydrogen-bond donors (Lipinski definition) is 3. The number of phenolic OH excluding ortho intramolecular Hbond substituents is 2. The van der Waals surface area contributed by atoms with Crippen LogP contribution in [-0.4, -0.2) is 22.9 Å². The van der Waals surface area contributed by atoms with Crippen molar-refractivity contribution in [2.45, 2.75) is 0 Å². The molecule has 2 rings (SSSR count). The van der Waals surface area contributed by atoms with Crippen molar-refractivity contribution in [3.8, 4) is 11.5 Å². The number of anilines is 1. The molecule has 0 heterocycles. The molecule has 0 radical (unpaired) electrons. The summed E-state index contributed by atoms with van der Waals surface area (Å²) < 4.78 is 0. The largest absolute Gasteiger partial charge is 0.504 e. The second-order valence-electron chi connectivity index (χ2n) is 3.52. The van der Waals surface area contributed by atoms with Gasteiger partial charge in [0, 0.05) is 17.3 Å². The van der Waals surface area contributed by atoms with Crippen molar-refractivity contribution in [1.29, 1.82) is 0 Å². The van der Waals surface area contributed by atoms with Gasteiger partial charge in [0.2, 0.25) is 0 Å². The predicted molar refractivity (Wildman–Crippen MR) is 71.3 cm³/mol. The Morgan fingerprint density at radius 2 is 1.58 bits per heavy atom. The molecule has 0 fully saturated rings. The Balaban J connectivity index is 0.000000861. The van der Waals surface area contributed by atoms with Crippen molar-refractivity contribution in [1.82, 2.24) is 0 Å². The van der Waals surface area contributed by atoms with Crippen LogP contribution >= 0.6 is 0 Å². The third-order valence-electron chi connectivity index (χ3n) is 2.27. The van der Waals surface area contributed by atoms with E-state index in [1.165, 1.54) is 18.2 Å². The third kappa shape index (κ3) is 3.85. The number of rotatable bonds is 2. The zero-order valence-corrected chi connectivity index (χ0v) is 10.0. The molecule has 0 saturated heterocycles. The molecule has 5 nitrogen and oxygen atoms in total. The summed E-state index contributed by atoms with van der Waals surface area (Å²) in [5.41, 5.74) is 0.953. The van der Waals surface area contributed by atoms with Crippen LogP contribution < -0.4 is 5.32 Å². The van der Waals surface area contributed by atoms with E-state index in [2.05, 4.69) is 5.32 Å². The first-order valence-electron chi connectivity index (χ1n) is 5.34. The molecule has 0 atom stereocenters. The zero-order valence-electron chi connectivity index (χ0n) is 10.0. The van der Waals surface area contributed by atoms with E-state index in [4.69, 9.17) is 9.90 Å². The highest BCUT2D eigenvalue weighted by molar-refractivity contribution is 6.04. The second kappa shape index (κ2) is 6.80. The molecule has 1 amide bonds. The number of phenols is 2. The van der Waals surface area contributed by atoms with Crippen LogP contribution in [-0.2, 0) is 4.79 Å². The molecule has 2 aromatic rings. The Kier molecular flexibility index (Phi) is 5.10. The molecule has 0 aliphatic rings. The van der Waals surface area contributed by atoms with Crippen molar-refractivity contribution in [3.63, 3.8) is 0 Å². The number of nitrogens with one attached hydrogen (secondary N) is 1. The van der Waals surface area contributed by atoms with E-state index < -0.39 is 0 Å². The van der Waals surface area contributed by atoms with Gasteiger partial charge in [-0.15, -0.1) is 0 Å². The third-order valence-corrected chi connectivity index (χ3v) is 2.27. The van der Waals surface area contributed by atoms with E-state index in [1.807, 2.05) is 12.9 Å². The summed E-state index contributed by atoms with van der Waals surface area (Å²) in [4.78, 5) is 19.8. The molecule has 2 aromatic carbocycles. The maximum atomic E-state index is 11.8. The molecule has 19 heavy (non-hydrogen) atoms. The van der Waals surface area contributed by atoms with Crippen LogP contribution in [0.3, 0.4) is 0 Å². The molecule has 0 bridgehead atoms. The summed E-state index contributed by atoms with van der Waals surface area (Å²) in [6, 6.07) is 12.8. The molecule has 3 N–H and O–H groups in total. The molecule has 5 heteroatoms. The van der Waals surface area contributed by atoms with Crippen LogP contribution in [0.1, 0.15) is 10.4 Å². The quantitative estimate of drug-likeness (QED) is 0.569. The molecule has 0 spiro atoms.